The second-order valence-corrected chi connectivity index (χ2v) is 7.04. The summed E-state index contributed by atoms with van der Waals surface area (Å²) < 4.78 is 5.07. The van der Waals surface area contributed by atoms with Crippen LogP contribution in [0.2, 0.25) is 0 Å². The normalized spacial score (nSPS) is 17.1. The van der Waals surface area contributed by atoms with Gasteiger partial charge in [-0.1, -0.05) is 36.4 Å². The van der Waals surface area contributed by atoms with Crippen LogP contribution in [0, 0.1) is 0 Å². The number of carbonyl (C=O) groups excluding carboxylic acids is 2. The van der Waals surface area contributed by atoms with Crippen LogP contribution in [0.3, 0.4) is 0 Å². The summed E-state index contributed by atoms with van der Waals surface area (Å²) in [5, 5.41) is 5.00. The molecule has 2 aromatic carbocycles. The van der Waals surface area contributed by atoms with Crippen molar-refractivity contribution in [3.05, 3.63) is 48.0 Å². The Morgan fingerprint density at radius 1 is 1.22 bits per heavy atom. The molecule has 1 aliphatic heterocycles. The van der Waals surface area contributed by atoms with Crippen molar-refractivity contribution in [2.75, 3.05) is 46.9 Å². The van der Waals surface area contributed by atoms with Gasteiger partial charge < -0.3 is 19.9 Å². The third-order valence-electron chi connectivity index (χ3n) is 5.01. The molecule has 27 heavy (non-hydrogen) atoms. The summed E-state index contributed by atoms with van der Waals surface area (Å²) in [6, 6.07) is 13.4. The van der Waals surface area contributed by atoms with Gasteiger partial charge in [0.1, 0.15) is 0 Å². The van der Waals surface area contributed by atoms with Crippen LogP contribution in [-0.2, 0) is 9.53 Å². The Morgan fingerprint density at radius 3 is 2.81 bits per heavy atom. The van der Waals surface area contributed by atoms with Crippen molar-refractivity contribution >= 4 is 22.6 Å². The first kappa shape index (κ1) is 19.3. The average molecular weight is 369 g/mol. The van der Waals surface area contributed by atoms with Crippen LogP contribution in [-0.4, -0.2) is 74.6 Å². The molecule has 0 aromatic heterocycles. The van der Waals surface area contributed by atoms with Gasteiger partial charge in [0.25, 0.3) is 5.91 Å². The Kier molecular flexibility index (Phi) is 6.42. The SMILES string of the molecule is COCCN(C)CCN1CC(NC(=O)c2cccc3ccccc23)CC1=O. The maximum Gasteiger partial charge on any atom is 0.252 e. The van der Waals surface area contributed by atoms with Crippen molar-refractivity contribution in [3.8, 4) is 0 Å². The molecule has 1 N–H and O–H groups in total. The third kappa shape index (κ3) is 4.84. The number of likely N-dealkylation sites (tertiary alicyclic amines) is 1. The second-order valence-electron chi connectivity index (χ2n) is 7.04. The highest BCUT2D eigenvalue weighted by Gasteiger charge is 2.30. The number of carbonyl (C=O) groups is 2. The molecule has 6 heteroatoms. The molecule has 0 saturated carbocycles. The van der Waals surface area contributed by atoms with Crippen LogP contribution in [0.15, 0.2) is 42.5 Å². The summed E-state index contributed by atoms with van der Waals surface area (Å²) >= 11 is 0. The molecule has 0 spiro atoms. The largest absolute Gasteiger partial charge is 0.383 e. The average Bonchev–Trinajstić information content (AvgIpc) is 3.03. The highest BCUT2D eigenvalue weighted by atomic mass is 16.5. The summed E-state index contributed by atoms with van der Waals surface area (Å²) in [6.07, 6.45) is 0.359. The highest BCUT2D eigenvalue weighted by molar-refractivity contribution is 6.07. The van der Waals surface area contributed by atoms with E-state index in [2.05, 4.69) is 10.2 Å². The van der Waals surface area contributed by atoms with E-state index in [9.17, 15) is 9.59 Å². The number of nitrogens with zero attached hydrogens (tertiary/aromatic N) is 2. The predicted octanol–water partition coefficient (Wildman–Crippen LogP) is 1.75. The zero-order valence-electron chi connectivity index (χ0n) is 16.0. The first-order chi connectivity index (χ1) is 13.1. The molecule has 1 fully saturated rings. The Hall–Kier alpha value is -2.44. The van der Waals surface area contributed by atoms with Gasteiger partial charge in [0.2, 0.25) is 5.91 Å². The number of rotatable bonds is 8. The molecule has 0 bridgehead atoms. The summed E-state index contributed by atoms with van der Waals surface area (Å²) in [5.74, 6) is -0.0259. The summed E-state index contributed by atoms with van der Waals surface area (Å²) in [5.41, 5.74) is 0.651. The van der Waals surface area contributed by atoms with E-state index in [-0.39, 0.29) is 17.9 Å². The zero-order valence-corrected chi connectivity index (χ0v) is 16.0. The minimum absolute atomic E-state index is 0.0957. The van der Waals surface area contributed by atoms with Crippen LogP contribution in [0.25, 0.3) is 10.8 Å². The third-order valence-corrected chi connectivity index (χ3v) is 5.01. The van der Waals surface area contributed by atoms with Crippen LogP contribution >= 0.6 is 0 Å². The molecule has 144 valence electrons. The van der Waals surface area contributed by atoms with Gasteiger partial charge in [0.05, 0.1) is 12.6 Å². The molecular weight excluding hydrogens is 342 g/mol. The van der Waals surface area contributed by atoms with Gasteiger partial charge >= 0.3 is 0 Å². The van der Waals surface area contributed by atoms with E-state index in [1.807, 2.05) is 54.4 Å². The maximum atomic E-state index is 12.7. The molecule has 0 aliphatic carbocycles. The summed E-state index contributed by atoms with van der Waals surface area (Å²) in [7, 11) is 3.69. The number of fused-ring (bicyclic) bond motifs is 1. The van der Waals surface area contributed by atoms with Crippen LogP contribution in [0.4, 0.5) is 0 Å². The van der Waals surface area contributed by atoms with E-state index < -0.39 is 0 Å². The van der Waals surface area contributed by atoms with E-state index in [4.69, 9.17) is 4.74 Å². The molecule has 6 nitrogen and oxygen atoms in total. The second kappa shape index (κ2) is 8.97. The lowest BCUT2D eigenvalue weighted by atomic mass is 10.0. The predicted molar refractivity (Wildman–Crippen MR) is 106 cm³/mol. The first-order valence-electron chi connectivity index (χ1n) is 9.32. The van der Waals surface area contributed by atoms with Gasteiger partial charge in [0, 0.05) is 45.3 Å². The van der Waals surface area contributed by atoms with E-state index in [0.29, 0.717) is 31.7 Å². The van der Waals surface area contributed by atoms with Crippen molar-refractivity contribution in [2.45, 2.75) is 12.5 Å². The fourth-order valence-corrected chi connectivity index (χ4v) is 3.42. The van der Waals surface area contributed by atoms with E-state index in [0.717, 1.165) is 23.9 Å². The van der Waals surface area contributed by atoms with E-state index in [1.165, 1.54) is 0 Å². The fraction of sp³-hybridized carbons (Fsp3) is 0.429. The highest BCUT2D eigenvalue weighted by Crippen LogP contribution is 2.19. The van der Waals surface area contributed by atoms with Gasteiger partial charge in [0.15, 0.2) is 0 Å². The number of likely N-dealkylation sites (N-methyl/N-ethyl adjacent to an activating group) is 1. The summed E-state index contributed by atoms with van der Waals surface area (Å²) in [6.45, 7) is 3.53. The Bertz CT molecular complexity index is 803. The lowest BCUT2D eigenvalue weighted by Crippen LogP contribution is -2.39. The van der Waals surface area contributed by atoms with Gasteiger partial charge in [-0.25, -0.2) is 0 Å². The lowest BCUT2D eigenvalue weighted by Gasteiger charge is -2.22. The number of nitrogens with one attached hydrogen (secondary N) is 1. The monoisotopic (exact) mass is 369 g/mol. The van der Waals surface area contributed by atoms with Crippen molar-refractivity contribution in [1.29, 1.82) is 0 Å². The molecule has 0 radical (unpaired) electrons. The quantitative estimate of drug-likeness (QED) is 0.770. The lowest BCUT2D eigenvalue weighted by molar-refractivity contribution is -0.127. The van der Waals surface area contributed by atoms with Crippen molar-refractivity contribution in [1.82, 2.24) is 15.1 Å². The molecule has 1 saturated heterocycles. The number of hydrogen-bond acceptors (Lipinski definition) is 4. The molecule has 2 amide bonds. The first-order valence-corrected chi connectivity index (χ1v) is 9.32. The number of methoxy groups -OCH3 is 1. The zero-order chi connectivity index (χ0) is 19.2. The Balaban J connectivity index is 1.57. The fourth-order valence-electron chi connectivity index (χ4n) is 3.42. The molecule has 1 heterocycles. The van der Waals surface area contributed by atoms with Crippen molar-refractivity contribution < 1.29 is 14.3 Å². The van der Waals surface area contributed by atoms with Gasteiger partial charge in [-0.15, -0.1) is 0 Å². The minimum atomic E-state index is -0.145. The molecule has 1 atom stereocenters. The van der Waals surface area contributed by atoms with E-state index in [1.54, 1.807) is 7.11 Å². The molecule has 3 rings (SSSR count). The molecule has 1 aliphatic rings. The number of benzene rings is 2. The number of amides is 2. The van der Waals surface area contributed by atoms with Gasteiger partial charge in [-0.3, -0.25) is 9.59 Å². The van der Waals surface area contributed by atoms with Gasteiger partial charge in [-0.05, 0) is 23.9 Å². The molecular formula is C21H27N3O3. The topological polar surface area (TPSA) is 61.9 Å². The standard InChI is InChI=1S/C21H27N3O3/c1-23(12-13-27-2)10-11-24-15-17(14-20(24)25)22-21(26)19-9-5-7-16-6-3-4-8-18(16)19/h3-9,17H,10-15H2,1-2H3,(H,22,26). The van der Waals surface area contributed by atoms with Gasteiger partial charge in [-0.2, -0.15) is 0 Å². The summed E-state index contributed by atoms with van der Waals surface area (Å²) in [4.78, 5) is 29.0. The van der Waals surface area contributed by atoms with Crippen LogP contribution < -0.4 is 5.32 Å². The number of hydrogen-bond donors (Lipinski definition) is 1. The number of ether oxygens (including phenoxy) is 1. The van der Waals surface area contributed by atoms with Crippen molar-refractivity contribution in [2.24, 2.45) is 0 Å². The van der Waals surface area contributed by atoms with E-state index >= 15 is 0 Å². The van der Waals surface area contributed by atoms with Crippen LogP contribution in [0.1, 0.15) is 16.8 Å². The maximum absolute atomic E-state index is 12.7. The minimum Gasteiger partial charge on any atom is -0.383 e. The van der Waals surface area contributed by atoms with Crippen LogP contribution in [0.5, 0.6) is 0 Å². The van der Waals surface area contributed by atoms with Crippen molar-refractivity contribution in [3.63, 3.8) is 0 Å². The molecule has 2 aromatic rings. The molecule has 1 unspecified atom stereocenters. The Morgan fingerprint density at radius 2 is 2.00 bits per heavy atom. The Labute approximate surface area is 160 Å². The smallest absolute Gasteiger partial charge is 0.252 e.